The van der Waals surface area contributed by atoms with Crippen molar-refractivity contribution in [1.82, 2.24) is 5.32 Å². The molecule has 1 amide bonds. The molecule has 0 aliphatic rings. The highest BCUT2D eigenvalue weighted by Crippen LogP contribution is 2.40. The average Bonchev–Trinajstić information content (AvgIpc) is 2.80. The number of methoxy groups -OCH3 is 1. The summed E-state index contributed by atoms with van der Waals surface area (Å²) in [7, 11) is 5.59. The van der Waals surface area contributed by atoms with Gasteiger partial charge in [0, 0.05) is 31.9 Å². The molecule has 0 heterocycles. The first-order chi connectivity index (χ1) is 15.7. The van der Waals surface area contributed by atoms with E-state index in [-0.39, 0.29) is 22.6 Å². The van der Waals surface area contributed by atoms with Crippen LogP contribution in [0.5, 0.6) is 17.2 Å². The molecule has 0 fully saturated rings. The molecule has 0 saturated carbocycles. The summed E-state index contributed by atoms with van der Waals surface area (Å²) in [5.74, 6) is 1.50. The fraction of sp³-hybridized carbons (Fsp3) is 0.269. The van der Waals surface area contributed by atoms with Gasteiger partial charge < -0.3 is 19.7 Å². The second-order valence-corrected chi connectivity index (χ2v) is 8.93. The normalized spacial score (nSPS) is 10.8. The Morgan fingerprint density at radius 3 is 2.33 bits per heavy atom. The maximum Gasteiger partial charge on any atom is 0.253 e. The van der Waals surface area contributed by atoms with E-state index in [9.17, 15) is 4.79 Å². The fourth-order valence-corrected chi connectivity index (χ4v) is 3.87. The minimum Gasteiger partial charge on any atom is -0.496 e. The molecule has 0 bridgehead atoms. The number of benzene rings is 3. The third-order valence-electron chi connectivity index (χ3n) is 5.24. The largest absolute Gasteiger partial charge is 0.496 e. The van der Waals surface area contributed by atoms with Crippen molar-refractivity contribution in [2.75, 3.05) is 26.1 Å². The van der Waals surface area contributed by atoms with Crippen LogP contribution in [-0.4, -0.2) is 27.1 Å². The number of halogens is 2. The average molecular weight is 487 g/mol. The number of ether oxygens (including phenoxy) is 2. The maximum absolute atomic E-state index is 12.8. The Balaban J connectivity index is 1.79. The number of carbonyl (C=O) groups excluding carboxylic acids is 1. The number of amides is 1. The first-order valence-electron chi connectivity index (χ1n) is 10.6. The van der Waals surface area contributed by atoms with Crippen LogP contribution in [0.4, 0.5) is 5.69 Å². The van der Waals surface area contributed by atoms with E-state index in [1.807, 2.05) is 55.4 Å². The zero-order valence-electron chi connectivity index (χ0n) is 19.4. The van der Waals surface area contributed by atoms with Crippen LogP contribution >= 0.6 is 23.2 Å². The van der Waals surface area contributed by atoms with Gasteiger partial charge in [-0.05, 0) is 53.9 Å². The van der Waals surface area contributed by atoms with E-state index in [1.165, 1.54) is 0 Å². The van der Waals surface area contributed by atoms with E-state index >= 15 is 0 Å². The molecule has 0 aromatic heterocycles. The predicted octanol–water partition coefficient (Wildman–Crippen LogP) is 6.91. The highest BCUT2D eigenvalue weighted by atomic mass is 35.5. The summed E-state index contributed by atoms with van der Waals surface area (Å²) in [5, 5.41) is 3.38. The van der Waals surface area contributed by atoms with Crippen molar-refractivity contribution in [3.63, 3.8) is 0 Å². The molecule has 0 aliphatic heterocycles. The molecule has 0 spiro atoms. The molecule has 0 radical (unpaired) electrons. The number of nitrogens with one attached hydrogen (secondary N) is 1. The Kier molecular flexibility index (Phi) is 8.11. The van der Waals surface area contributed by atoms with Crippen LogP contribution in [-0.2, 0) is 6.54 Å². The molecule has 3 aromatic rings. The lowest BCUT2D eigenvalue weighted by Crippen LogP contribution is -2.23. The van der Waals surface area contributed by atoms with Crippen LogP contribution in [0.15, 0.2) is 54.6 Å². The third kappa shape index (κ3) is 5.92. The lowest BCUT2D eigenvalue weighted by Gasteiger charge is -2.16. The van der Waals surface area contributed by atoms with Gasteiger partial charge in [-0.2, -0.15) is 0 Å². The van der Waals surface area contributed by atoms with Crippen molar-refractivity contribution in [2.45, 2.75) is 26.3 Å². The SMILES string of the molecule is COc1ccc(Oc2c(Cl)ccc(C(=O)NCc3ccc(N(C)C)cc3)c2Cl)cc1C(C)C. The standard InChI is InChI=1S/C26H28Cl2N2O3/c1-16(2)21-14-19(10-13-23(21)32-5)33-25-22(27)12-11-20(24(25)28)26(31)29-15-17-6-8-18(9-7-17)30(3)4/h6-14,16H,15H2,1-5H3,(H,29,31). The van der Waals surface area contributed by atoms with E-state index in [0.717, 1.165) is 22.6 Å². The summed E-state index contributed by atoms with van der Waals surface area (Å²) < 4.78 is 11.4. The van der Waals surface area contributed by atoms with Crippen molar-refractivity contribution in [3.8, 4) is 17.2 Å². The van der Waals surface area contributed by atoms with Crippen molar-refractivity contribution < 1.29 is 14.3 Å². The zero-order chi connectivity index (χ0) is 24.1. The highest BCUT2D eigenvalue weighted by Gasteiger charge is 2.19. The number of carbonyl (C=O) groups is 1. The summed E-state index contributed by atoms with van der Waals surface area (Å²) in [5.41, 5.74) is 3.36. The predicted molar refractivity (Wildman–Crippen MR) is 136 cm³/mol. The Labute approximate surface area is 205 Å². The van der Waals surface area contributed by atoms with Crippen molar-refractivity contribution in [2.24, 2.45) is 0 Å². The van der Waals surface area contributed by atoms with Crippen LogP contribution in [0.3, 0.4) is 0 Å². The van der Waals surface area contributed by atoms with Gasteiger partial charge in [0.15, 0.2) is 5.75 Å². The number of nitrogens with zero attached hydrogens (tertiary/aromatic N) is 1. The molecule has 1 N–H and O–H groups in total. The van der Waals surface area contributed by atoms with Gasteiger partial charge in [-0.25, -0.2) is 0 Å². The van der Waals surface area contributed by atoms with E-state index in [1.54, 1.807) is 25.3 Å². The van der Waals surface area contributed by atoms with Crippen molar-refractivity contribution in [3.05, 3.63) is 81.3 Å². The quantitative estimate of drug-likeness (QED) is 0.375. The molecule has 7 heteroatoms. The molecular formula is C26H28Cl2N2O3. The first-order valence-corrected chi connectivity index (χ1v) is 11.3. The van der Waals surface area contributed by atoms with Gasteiger partial charge in [-0.3, -0.25) is 4.79 Å². The van der Waals surface area contributed by atoms with Crippen LogP contribution in [0.1, 0.15) is 41.3 Å². The molecule has 0 unspecified atom stereocenters. The van der Waals surface area contributed by atoms with Gasteiger partial charge in [0.1, 0.15) is 11.5 Å². The van der Waals surface area contributed by atoms with Gasteiger partial charge in [-0.1, -0.05) is 49.2 Å². The molecule has 3 aromatic carbocycles. The van der Waals surface area contributed by atoms with Crippen LogP contribution in [0.2, 0.25) is 10.0 Å². The van der Waals surface area contributed by atoms with Gasteiger partial charge in [0.05, 0.1) is 22.7 Å². The molecule has 5 nitrogen and oxygen atoms in total. The molecule has 174 valence electrons. The van der Waals surface area contributed by atoms with E-state index in [0.29, 0.717) is 22.9 Å². The number of anilines is 1. The van der Waals surface area contributed by atoms with E-state index in [2.05, 4.69) is 19.2 Å². The Morgan fingerprint density at radius 1 is 1.03 bits per heavy atom. The van der Waals surface area contributed by atoms with Crippen molar-refractivity contribution >= 4 is 34.8 Å². The number of rotatable bonds is 8. The fourth-order valence-electron chi connectivity index (χ4n) is 3.34. The zero-order valence-corrected chi connectivity index (χ0v) is 20.9. The molecule has 33 heavy (non-hydrogen) atoms. The number of hydrogen-bond acceptors (Lipinski definition) is 4. The summed E-state index contributed by atoms with van der Waals surface area (Å²) in [4.78, 5) is 14.9. The molecule has 3 rings (SSSR count). The van der Waals surface area contributed by atoms with Gasteiger partial charge in [-0.15, -0.1) is 0 Å². The van der Waals surface area contributed by atoms with Gasteiger partial charge in [0.2, 0.25) is 0 Å². The second kappa shape index (κ2) is 10.8. The smallest absolute Gasteiger partial charge is 0.253 e. The summed E-state index contributed by atoms with van der Waals surface area (Å²) >= 11 is 12.9. The molecule has 0 atom stereocenters. The van der Waals surface area contributed by atoms with Gasteiger partial charge >= 0.3 is 0 Å². The van der Waals surface area contributed by atoms with Crippen LogP contribution in [0.25, 0.3) is 0 Å². The lowest BCUT2D eigenvalue weighted by atomic mass is 10.0. The van der Waals surface area contributed by atoms with Crippen LogP contribution in [0, 0.1) is 0 Å². The summed E-state index contributed by atoms with van der Waals surface area (Å²) in [6.07, 6.45) is 0. The van der Waals surface area contributed by atoms with Gasteiger partial charge in [0.25, 0.3) is 5.91 Å². The third-order valence-corrected chi connectivity index (χ3v) is 5.92. The lowest BCUT2D eigenvalue weighted by molar-refractivity contribution is 0.0950. The van der Waals surface area contributed by atoms with Crippen LogP contribution < -0.4 is 19.7 Å². The highest BCUT2D eigenvalue weighted by molar-refractivity contribution is 6.39. The minimum atomic E-state index is -0.309. The molecule has 0 aliphatic carbocycles. The van der Waals surface area contributed by atoms with E-state index < -0.39 is 0 Å². The number of hydrogen-bond donors (Lipinski definition) is 1. The minimum absolute atomic E-state index is 0.157. The Bertz CT molecular complexity index is 1130. The molecule has 0 saturated heterocycles. The van der Waals surface area contributed by atoms with E-state index in [4.69, 9.17) is 32.7 Å². The van der Waals surface area contributed by atoms with Crippen molar-refractivity contribution in [1.29, 1.82) is 0 Å². The Morgan fingerprint density at radius 2 is 1.73 bits per heavy atom. The second-order valence-electron chi connectivity index (χ2n) is 8.14. The summed E-state index contributed by atoms with van der Waals surface area (Å²) in [6.45, 7) is 4.51. The first kappa shape index (κ1) is 24.7. The summed E-state index contributed by atoms with van der Waals surface area (Å²) in [6, 6.07) is 16.7. The molecular weight excluding hydrogens is 459 g/mol. The topological polar surface area (TPSA) is 50.8 Å². The maximum atomic E-state index is 12.8. The Hall–Kier alpha value is -2.89. The monoisotopic (exact) mass is 486 g/mol.